The predicted molar refractivity (Wildman–Crippen MR) is 64.6 cm³/mol. The summed E-state index contributed by atoms with van der Waals surface area (Å²) in [7, 11) is 0. The summed E-state index contributed by atoms with van der Waals surface area (Å²) in [5.74, 6) is -0.584. The molecule has 1 saturated heterocycles. The molecule has 1 aliphatic heterocycles. The van der Waals surface area contributed by atoms with Gasteiger partial charge in [-0.05, 0) is 12.1 Å². The lowest BCUT2D eigenvalue weighted by atomic mass is 10.1. The minimum absolute atomic E-state index is 0.164. The van der Waals surface area contributed by atoms with E-state index in [9.17, 15) is 13.6 Å². The Labute approximate surface area is 107 Å². The normalized spacial score (nSPS) is 16.1. The summed E-state index contributed by atoms with van der Waals surface area (Å²) in [6, 6.07) is 2.15. The van der Waals surface area contributed by atoms with Crippen LogP contribution in [0.5, 0.6) is 0 Å². The van der Waals surface area contributed by atoms with Crippen LogP contribution in [0, 0.1) is 11.6 Å². The molecule has 6 heteroatoms. The topological polar surface area (TPSA) is 20.3 Å². The maximum Gasteiger partial charge on any atom is 0.256 e. The summed E-state index contributed by atoms with van der Waals surface area (Å²) in [6.07, 6.45) is 0. The Morgan fingerprint density at radius 1 is 1.29 bits per heavy atom. The Kier molecular flexibility index (Phi) is 3.89. The number of nitrogens with zero attached hydrogens (tertiary/aromatic N) is 1. The van der Waals surface area contributed by atoms with Crippen molar-refractivity contribution in [3.8, 4) is 0 Å². The van der Waals surface area contributed by atoms with Crippen LogP contribution in [0.25, 0.3) is 0 Å². The van der Waals surface area contributed by atoms with Crippen LogP contribution in [0.4, 0.5) is 8.78 Å². The van der Waals surface area contributed by atoms with Crippen molar-refractivity contribution in [1.82, 2.24) is 4.90 Å². The van der Waals surface area contributed by atoms with Crippen LogP contribution in [0.1, 0.15) is 10.4 Å². The van der Waals surface area contributed by atoms with E-state index in [1.54, 1.807) is 16.7 Å². The van der Waals surface area contributed by atoms with E-state index in [2.05, 4.69) is 0 Å². The number of halogens is 3. The Hall–Kier alpha value is -0.810. The molecule has 1 fully saturated rings. The number of benzene rings is 1. The van der Waals surface area contributed by atoms with Crippen molar-refractivity contribution in [2.75, 3.05) is 24.6 Å². The Balaban J connectivity index is 2.27. The van der Waals surface area contributed by atoms with Crippen molar-refractivity contribution in [2.45, 2.75) is 0 Å². The molecule has 0 aromatic heterocycles. The fraction of sp³-hybridized carbons (Fsp3) is 0.364. The van der Waals surface area contributed by atoms with Crippen molar-refractivity contribution in [2.24, 2.45) is 0 Å². The number of carbonyl (C=O) groups is 1. The van der Waals surface area contributed by atoms with E-state index in [0.29, 0.717) is 13.1 Å². The van der Waals surface area contributed by atoms with E-state index in [4.69, 9.17) is 11.6 Å². The standard InChI is InChI=1S/C11H10ClF2NOS/c12-9-8(13)2-1-7(10(9)14)11(16)15-3-5-17-6-4-15/h1-2H,3-6H2. The van der Waals surface area contributed by atoms with Crippen molar-refractivity contribution in [1.29, 1.82) is 0 Å². The molecule has 0 spiro atoms. The van der Waals surface area contributed by atoms with E-state index in [1.807, 2.05) is 0 Å². The van der Waals surface area contributed by atoms with E-state index in [1.165, 1.54) is 0 Å². The van der Waals surface area contributed by atoms with Gasteiger partial charge in [0.1, 0.15) is 10.8 Å². The molecule has 1 aromatic rings. The van der Waals surface area contributed by atoms with E-state index in [-0.39, 0.29) is 5.56 Å². The van der Waals surface area contributed by atoms with Gasteiger partial charge in [-0.3, -0.25) is 4.79 Å². The smallest absolute Gasteiger partial charge is 0.256 e. The van der Waals surface area contributed by atoms with Gasteiger partial charge in [0.25, 0.3) is 5.91 Å². The number of amides is 1. The third-order valence-corrected chi connectivity index (χ3v) is 3.85. The van der Waals surface area contributed by atoms with Gasteiger partial charge in [0.15, 0.2) is 5.82 Å². The van der Waals surface area contributed by atoms with Gasteiger partial charge in [-0.1, -0.05) is 11.6 Å². The van der Waals surface area contributed by atoms with Crippen LogP contribution in [0.2, 0.25) is 5.02 Å². The summed E-state index contributed by atoms with van der Waals surface area (Å²) >= 11 is 7.19. The fourth-order valence-electron chi connectivity index (χ4n) is 1.63. The highest BCUT2D eigenvalue weighted by Gasteiger charge is 2.23. The highest BCUT2D eigenvalue weighted by molar-refractivity contribution is 7.99. The second-order valence-corrected chi connectivity index (χ2v) is 5.23. The zero-order valence-corrected chi connectivity index (χ0v) is 10.5. The van der Waals surface area contributed by atoms with Crippen LogP contribution in [0.3, 0.4) is 0 Å². The number of rotatable bonds is 1. The van der Waals surface area contributed by atoms with Crippen molar-refractivity contribution < 1.29 is 13.6 Å². The van der Waals surface area contributed by atoms with Gasteiger partial charge in [-0.15, -0.1) is 0 Å². The van der Waals surface area contributed by atoms with Crippen LogP contribution in [0.15, 0.2) is 12.1 Å². The van der Waals surface area contributed by atoms with Crippen molar-refractivity contribution in [3.05, 3.63) is 34.4 Å². The molecular weight excluding hydrogens is 268 g/mol. The molecule has 0 unspecified atom stereocenters. The monoisotopic (exact) mass is 277 g/mol. The third-order valence-electron chi connectivity index (χ3n) is 2.56. The molecule has 1 aromatic carbocycles. The molecule has 0 radical (unpaired) electrons. The number of carbonyl (C=O) groups excluding carboxylic acids is 1. The van der Waals surface area contributed by atoms with Gasteiger partial charge >= 0.3 is 0 Å². The summed E-state index contributed by atoms with van der Waals surface area (Å²) < 4.78 is 26.6. The lowest BCUT2D eigenvalue weighted by Crippen LogP contribution is -2.38. The zero-order chi connectivity index (χ0) is 12.4. The maximum absolute atomic E-state index is 13.6. The predicted octanol–water partition coefficient (Wildman–Crippen LogP) is 2.81. The first-order chi connectivity index (χ1) is 8.11. The highest BCUT2D eigenvalue weighted by atomic mass is 35.5. The summed E-state index contributed by atoms with van der Waals surface area (Å²) in [5, 5.41) is -0.623. The lowest BCUT2D eigenvalue weighted by molar-refractivity contribution is 0.0767. The van der Waals surface area contributed by atoms with E-state index >= 15 is 0 Å². The first-order valence-corrected chi connectivity index (χ1v) is 6.65. The van der Waals surface area contributed by atoms with Gasteiger partial charge in [-0.25, -0.2) is 8.78 Å². The molecule has 0 atom stereocenters. The zero-order valence-electron chi connectivity index (χ0n) is 8.88. The van der Waals surface area contributed by atoms with Gasteiger partial charge in [0.05, 0.1) is 5.56 Å². The molecule has 1 amide bonds. The van der Waals surface area contributed by atoms with Gasteiger partial charge < -0.3 is 4.90 Å². The summed E-state index contributed by atoms with van der Waals surface area (Å²) in [4.78, 5) is 13.5. The number of hydrogen-bond acceptors (Lipinski definition) is 2. The molecule has 0 aliphatic carbocycles. The van der Waals surface area contributed by atoms with Crippen molar-refractivity contribution >= 4 is 29.3 Å². The number of thioether (sulfide) groups is 1. The quantitative estimate of drug-likeness (QED) is 0.736. The summed E-state index contributed by atoms with van der Waals surface area (Å²) in [6.45, 7) is 1.16. The number of hydrogen-bond donors (Lipinski definition) is 0. The maximum atomic E-state index is 13.6. The molecular formula is C11H10ClF2NOS. The SMILES string of the molecule is O=C(c1ccc(F)c(Cl)c1F)N1CCSCC1. The van der Waals surface area contributed by atoms with E-state index in [0.717, 1.165) is 23.6 Å². The summed E-state index contributed by atoms with van der Waals surface area (Å²) in [5.41, 5.74) is -0.164. The average Bonchev–Trinajstić information content (AvgIpc) is 2.36. The average molecular weight is 278 g/mol. The minimum Gasteiger partial charge on any atom is -0.337 e. The van der Waals surface area contributed by atoms with Crippen LogP contribution >= 0.6 is 23.4 Å². The molecule has 2 nitrogen and oxygen atoms in total. The van der Waals surface area contributed by atoms with Crippen LogP contribution in [-0.2, 0) is 0 Å². The molecule has 1 heterocycles. The van der Waals surface area contributed by atoms with Gasteiger partial charge in [0.2, 0.25) is 0 Å². The lowest BCUT2D eigenvalue weighted by Gasteiger charge is -2.26. The van der Waals surface area contributed by atoms with Crippen LogP contribution < -0.4 is 0 Å². The first kappa shape index (κ1) is 12.6. The van der Waals surface area contributed by atoms with Crippen LogP contribution in [-0.4, -0.2) is 35.4 Å². The Morgan fingerprint density at radius 3 is 2.59 bits per heavy atom. The molecule has 0 saturated carbocycles. The molecule has 2 rings (SSSR count). The largest absolute Gasteiger partial charge is 0.337 e. The second kappa shape index (κ2) is 5.23. The van der Waals surface area contributed by atoms with E-state index < -0.39 is 22.6 Å². The first-order valence-electron chi connectivity index (χ1n) is 5.12. The molecule has 17 heavy (non-hydrogen) atoms. The molecule has 1 aliphatic rings. The molecule has 0 bridgehead atoms. The fourth-order valence-corrected chi connectivity index (χ4v) is 2.70. The Bertz CT molecular complexity index is 449. The molecule has 0 N–H and O–H groups in total. The van der Waals surface area contributed by atoms with Gasteiger partial charge in [-0.2, -0.15) is 11.8 Å². The van der Waals surface area contributed by atoms with Gasteiger partial charge in [0, 0.05) is 24.6 Å². The Morgan fingerprint density at radius 2 is 1.94 bits per heavy atom. The second-order valence-electron chi connectivity index (χ2n) is 3.63. The highest BCUT2D eigenvalue weighted by Crippen LogP contribution is 2.23. The van der Waals surface area contributed by atoms with Crippen molar-refractivity contribution in [3.63, 3.8) is 0 Å². The minimum atomic E-state index is -0.977. The third kappa shape index (κ3) is 2.55. The molecule has 92 valence electrons.